The molecule has 1 aromatic rings. The van der Waals surface area contributed by atoms with Crippen molar-refractivity contribution in [3.63, 3.8) is 0 Å². The quantitative estimate of drug-likeness (QED) is 0.797. The van der Waals surface area contributed by atoms with Crippen molar-refractivity contribution in [2.24, 2.45) is 5.92 Å². The Morgan fingerprint density at radius 2 is 2.06 bits per heavy atom. The van der Waals surface area contributed by atoms with Crippen molar-refractivity contribution in [1.82, 2.24) is 0 Å². The van der Waals surface area contributed by atoms with Gasteiger partial charge < -0.3 is 14.7 Å². The number of benzene rings is 1. The van der Waals surface area contributed by atoms with E-state index in [-0.39, 0.29) is 5.91 Å². The highest BCUT2D eigenvalue weighted by Crippen LogP contribution is 2.26. The van der Waals surface area contributed by atoms with E-state index in [0.29, 0.717) is 24.4 Å². The Morgan fingerprint density at radius 3 is 2.53 bits per heavy atom. The summed E-state index contributed by atoms with van der Waals surface area (Å²) in [7, 11) is 1.57. The molecular weight excluding hydrogens is 222 g/mol. The first-order valence-corrected chi connectivity index (χ1v) is 5.31. The number of carboxylic acids is 1. The number of carboxylic acid groups (broad SMARTS) is 1. The molecule has 90 valence electrons. The average Bonchev–Trinajstić information content (AvgIpc) is 2.71. The zero-order valence-corrected chi connectivity index (χ0v) is 9.42. The molecule has 0 unspecified atom stereocenters. The fraction of sp³-hybridized carbons (Fsp3) is 0.333. The summed E-state index contributed by atoms with van der Waals surface area (Å²) in [4.78, 5) is 24.1. The van der Waals surface area contributed by atoms with Crippen LogP contribution >= 0.6 is 0 Å². The molecule has 0 aliphatic carbocycles. The molecule has 1 amide bonds. The lowest BCUT2D eigenvalue weighted by Crippen LogP contribution is -2.29. The lowest BCUT2D eigenvalue weighted by atomic mass is 10.1. The van der Waals surface area contributed by atoms with Crippen molar-refractivity contribution in [2.45, 2.75) is 6.42 Å². The lowest BCUT2D eigenvalue weighted by Gasteiger charge is -2.16. The second-order valence-electron chi connectivity index (χ2n) is 3.87. The molecule has 0 bridgehead atoms. The van der Waals surface area contributed by atoms with Gasteiger partial charge in [0.1, 0.15) is 11.7 Å². The molecule has 5 nitrogen and oxygen atoms in total. The van der Waals surface area contributed by atoms with Crippen LogP contribution < -0.4 is 9.64 Å². The third-order valence-electron chi connectivity index (χ3n) is 2.89. The minimum Gasteiger partial charge on any atom is -0.497 e. The van der Waals surface area contributed by atoms with Crippen LogP contribution in [0.2, 0.25) is 0 Å². The van der Waals surface area contributed by atoms with Crippen molar-refractivity contribution < 1.29 is 19.4 Å². The van der Waals surface area contributed by atoms with E-state index in [2.05, 4.69) is 0 Å². The molecule has 5 heteroatoms. The van der Waals surface area contributed by atoms with Gasteiger partial charge in [-0.05, 0) is 30.7 Å². The minimum atomic E-state index is -1.05. The smallest absolute Gasteiger partial charge is 0.316 e. The number of ether oxygens (including phenoxy) is 1. The number of anilines is 1. The number of rotatable bonds is 3. The standard InChI is InChI=1S/C12H13NO4/c1-17-9-4-2-8(3-5-9)13-7-6-10(11(13)14)12(15)16/h2-5,10H,6-7H2,1H3,(H,15,16)/t10-/m1/s1. The van der Waals surface area contributed by atoms with E-state index in [1.54, 1.807) is 31.4 Å². The molecule has 1 saturated heterocycles. The fourth-order valence-electron chi connectivity index (χ4n) is 1.93. The van der Waals surface area contributed by atoms with Crippen molar-refractivity contribution in [1.29, 1.82) is 0 Å². The molecule has 1 aliphatic heterocycles. The Kier molecular flexibility index (Phi) is 2.99. The normalized spacial score (nSPS) is 19.5. The molecule has 0 saturated carbocycles. The molecular formula is C12H13NO4. The summed E-state index contributed by atoms with van der Waals surface area (Å²) in [5, 5.41) is 8.86. The van der Waals surface area contributed by atoms with E-state index in [9.17, 15) is 9.59 Å². The van der Waals surface area contributed by atoms with E-state index in [4.69, 9.17) is 9.84 Å². The lowest BCUT2D eigenvalue weighted by molar-refractivity contribution is -0.144. The number of carbonyl (C=O) groups excluding carboxylic acids is 1. The summed E-state index contributed by atoms with van der Waals surface area (Å²) in [5.41, 5.74) is 0.708. The summed E-state index contributed by atoms with van der Waals surface area (Å²) >= 11 is 0. The van der Waals surface area contributed by atoms with Crippen molar-refractivity contribution in [3.05, 3.63) is 24.3 Å². The highest BCUT2D eigenvalue weighted by atomic mass is 16.5. The molecule has 0 radical (unpaired) electrons. The number of methoxy groups -OCH3 is 1. The molecule has 1 heterocycles. The summed E-state index contributed by atoms with van der Waals surface area (Å²) in [5.74, 6) is -1.60. The van der Waals surface area contributed by atoms with Gasteiger partial charge in [-0.3, -0.25) is 9.59 Å². The van der Waals surface area contributed by atoms with Crippen LogP contribution in [0, 0.1) is 5.92 Å². The van der Waals surface area contributed by atoms with Gasteiger partial charge in [0.05, 0.1) is 7.11 Å². The molecule has 1 aromatic carbocycles. The van der Waals surface area contributed by atoms with Crippen LogP contribution in [0.5, 0.6) is 5.75 Å². The SMILES string of the molecule is COc1ccc(N2CC[C@@H](C(=O)O)C2=O)cc1. The van der Waals surface area contributed by atoms with Crippen molar-refractivity contribution >= 4 is 17.6 Å². The van der Waals surface area contributed by atoms with Gasteiger partial charge in [-0.1, -0.05) is 0 Å². The molecule has 0 spiro atoms. The molecule has 1 fully saturated rings. The van der Waals surface area contributed by atoms with Crippen LogP contribution in [0.3, 0.4) is 0 Å². The maximum Gasteiger partial charge on any atom is 0.316 e. The van der Waals surface area contributed by atoms with Gasteiger partial charge in [0.2, 0.25) is 5.91 Å². The predicted molar refractivity (Wildman–Crippen MR) is 61.1 cm³/mol. The number of aliphatic carboxylic acids is 1. The van der Waals surface area contributed by atoms with E-state index in [1.165, 1.54) is 4.90 Å². The van der Waals surface area contributed by atoms with Gasteiger partial charge in [0, 0.05) is 12.2 Å². The van der Waals surface area contributed by atoms with Gasteiger partial charge in [0.25, 0.3) is 0 Å². The topological polar surface area (TPSA) is 66.8 Å². The Labute approximate surface area is 98.6 Å². The van der Waals surface area contributed by atoms with E-state index in [0.717, 1.165) is 0 Å². The Bertz CT molecular complexity index is 440. The van der Waals surface area contributed by atoms with E-state index in [1.807, 2.05) is 0 Å². The summed E-state index contributed by atoms with van der Waals surface area (Å²) in [6.07, 6.45) is 0.361. The first-order valence-electron chi connectivity index (χ1n) is 5.31. The highest BCUT2D eigenvalue weighted by molar-refractivity contribution is 6.07. The maximum atomic E-state index is 11.8. The van der Waals surface area contributed by atoms with Gasteiger partial charge in [-0.15, -0.1) is 0 Å². The van der Waals surface area contributed by atoms with Gasteiger partial charge in [-0.2, -0.15) is 0 Å². The maximum absolute atomic E-state index is 11.8. The zero-order chi connectivity index (χ0) is 12.4. The number of nitrogens with zero attached hydrogens (tertiary/aromatic N) is 1. The van der Waals surface area contributed by atoms with Crippen LogP contribution in [0.4, 0.5) is 5.69 Å². The van der Waals surface area contributed by atoms with Crippen LogP contribution in [-0.2, 0) is 9.59 Å². The van der Waals surface area contributed by atoms with Crippen LogP contribution in [-0.4, -0.2) is 30.6 Å². The first kappa shape index (κ1) is 11.4. The third kappa shape index (κ3) is 2.08. The van der Waals surface area contributed by atoms with Gasteiger partial charge in [-0.25, -0.2) is 0 Å². The second kappa shape index (κ2) is 4.45. The number of amides is 1. The van der Waals surface area contributed by atoms with Crippen LogP contribution in [0.1, 0.15) is 6.42 Å². The van der Waals surface area contributed by atoms with Gasteiger partial charge >= 0.3 is 5.97 Å². The average molecular weight is 235 g/mol. The Balaban J connectivity index is 2.18. The molecule has 1 N–H and O–H groups in total. The first-order chi connectivity index (χ1) is 8.13. The molecule has 1 aliphatic rings. The van der Waals surface area contributed by atoms with Crippen molar-refractivity contribution in [2.75, 3.05) is 18.6 Å². The van der Waals surface area contributed by atoms with Crippen molar-refractivity contribution in [3.8, 4) is 5.75 Å². The monoisotopic (exact) mass is 235 g/mol. The molecule has 0 aromatic heterocycles. The predicted octanol–water partition coefficient (Wildman–Crippen LogP) is 1.13. The van der Waals surface area contributed by atoms with Gasteiger partial charge in [0.15, 0.2) is 0 Å². The van der Waals surface area contributed by atoms with E-state index < -0.39 is 11.9 Å². The zero-order valence-electron chi connectivity index (χ0n) is 9.42. The largest absolute Gasteiger partial charge is 0.497 e. The highest BCUT2D eigenvalue weighted by Gasteiger charge is 2.37. The summed E-state index contributed by atoms with van der Waals surface area (Å²) in [6.45, 7) is 0.447. The molecule has 1 atom stereocenters. The van der Waals surface area contributed by atoms with Crippen LogP contribution in [0.25, 0.3) is 0 Å². The van der Waals surface area contributed by atoms with E-state index >= 15 is 0 Å². The second-order valence-corrected chi connectivity index (χ2v) is 3.87. The van der Waals surface area contributed by atoms with Crippen LogP contribution in [0.15, 0.2) is 24.3 Å². The number of carbonyl (C=O) groups is 2. The minimum absolute atomic E-state index is 0.345. The summed E-state index contributed by atoms with van der Waals surface area (Å²) < 4.78 is 5.02. The third-order valence-corrected chi connectivity index (χ3v) is 2.89. The Hall–Kier alpha value is -2.04. The Morgan fingerprint density at radius 1 is 1.41 bits per heavy atom. The molecule has 2 rings (SSSR count). The molecule has 17 heavy (non-hydrogen) atoms. The summed E-state index contributed by atoms with van der Waals surface area (Å²) in [6, 6.07) is 7.00. The number of hydrogen-bond acceptors (Lipinski definition) is 3. The number of hydrogen-bond donors (Lipinski definition) is 1. The fourth-order valence-corrected chi connectivity index (χ4v) is 1.93.